The summed E-state index contributed by atoms with van der Waals surface area (Å²) in [5.41, 5.74) is 0. The highest BCUT2D eigenvalue weighted by molar-refractivity contribution is 5.47. The number of aliphatic hydroxyl groups excluding tert-OH is 1. The molecular formula is C12H20N4O. The zero-order valence-corrected chi connectivity index (χ0v) is 10.2. The summed E-state index contributed by atoms with van der Waals surface area (Å²) >= 11 is 0. The van der Waals surface area contributed by atoms with Crippen LogP contribution in [0.4, 0.5) is 11.6 Å². The van der Waals surface area contributed by atoms with Crippen molar-refractivity contribution in [3.05, 3.63) is 12.4 Å². The maximum atomic E-state index is 9.27. The lowest BCUT2D eigenvalue weighted by Crippen LogP contribution is -2.26. The first-order valence-corrected chi connectivity index (χ1v) is 6.26. The maximum Gasteiger partial charge on any atom is 0.131 e. The van der Waals surface area contributed by atoms with Gasteiger partial charge in [-0.25, -0.2) is 9.97 Å². The van der Waals surface area contributed by atoms with Crippen LogP contribution in [0.2, 0.25) is 0 Å². The molecule has 94 valence electrons. The molecule has 1 fully saturated rings. The molecule has 0 aliphatic heterocycles. The molecular weight excluding hydrogens is 216 g/mol. The second kappa shape index (κ2) is 5.82. The molecule has 1 aromatic rings. The standard InChI is InChI=1S/C12H20N4O/c1-2-13-11-6-12(15-8-14-11)16-10-5-3-4-9(10)7-17/h6,8-10,17H,2-5,7H2,1H3,(H2,13,14,15,16). The van der Waals surface area contributed by atoms with Crippen molar-refractivity contribution in [2.45, 2.75) is 32.2 Å². The highest BCUT2D eigenvalue weighted by Gasteiger charge is 2.26. The summed E-state index contributed by atoms with van der Waals surface area (Å²) in [7, 11) is 0. The number of nitrogens with one attached hydrogen (secondary N) is 2. The molecule has 1 aliphatic carbocycles. The number of hydrogen-bond acceptors (Lipinski definition) is 5. The minimum absolute atomic E-state index is 0.253. The highest BCUT2D eigenvalue weighted by Crippen LogP contribution is 2.27. The van der Waals surface area contributed by atoms with Gasteiger partial charge in [-0.3, -0.25) is 0 Å². The average Bonchev–Trinajstić information content (AvgIpc) is 2.77. The van der Waals surface area contributed by atoms with E-state index in [1.807, 2.05) is 13.0 Å². The number of nitrogens with zero attached hydrogens (tertiary/aromatic N) is 2. The normalized spacial score (nSPS) is 23.6. The highest BCUT2D eigenvalue weighted by atomic mass is 16.3. The van der Waals surface area contributed by atoms with Gasteiger partial charge in [-0.05, 0) is 19.8 Å². The molecule has 5 nitrogen and oxygen atoms in total. The van der Waals surface area contributed by atoms with Crippen LogP contribution in [0.15, 0.2) is 12.4 Å². The van der Waals surface area contributed by atoms with Crippen LogP contribution in [0, 0.1) is 5.92 Å². The van der Waals surface area contributed by atoms with Crippen LogP contribution in [0.25, 0.3) is 0 Å². The molecule has 0 spiro atoms. The van der Waals surface area contributed by atoms with Crippen molar-refractivity contribution in [2.75, 3.05) is 23.8 Å². The van der Waals surface area contributed by atoms with Crippen molar-refractivity contribution in [1.29, 1.82) is 0 Å². The second-order valence-corrected chi connectivity index (χ2v) is 4.44. The maximum absolute atomic E-state index is 9.27. The minimum Gasteiger partial charge on any atom is -0.396 e. The Morgan fingerprint density at radius 3 is 2.94 bits per heavy atom. The second-order valence-electron chi connectivity index (χ2n) is 4.44. The molecule has 0 amide bonds. The molecule has 0 bridgehead atoms. The smallest absolute Gasteiger partial charge is 0.131 e. The van der Waals surface area contributed by atoms with E-state index in [0.717, 1.165) is 31.0 Å². The lowest BCUT2D eigenvalue weighted by Gasteiger charge is -2.19. The van der Waals surface area contributed by atoms with Crippen molar-refractivity contribution >= 4 is 11.6 Å². The van der Waals surface area contributed by atoms with E-state index in [9.17, 15) is 5.11 Å². The summed E-state index contributed by atoms with van der Waals surface area (Å²) in [6, 6.07) is 2.25. The Labute approximate surface area is 102 Å². The predicted octanol–water partition coefficient (Wildman–Crippen LogP) is 1.48. The molecule has 0 saturated heterocycles. The zero-order valence-electron chi connectivity index (χ0n) is 10.2. The third-order valence-corrected chi connectivity index (χ3v) is 3.25. The lowest BCUT2D eigenvalue weighted by molar-refractivity contribution is 0.222. The molecule has 2 rings (SSSR count). The van der Waals surface area contributed by atoms with Gasteiger partial charge in [0.25, 0.3) is 0 Å². The van der Waals surface area contributed by atoms with Gasteiger partial charge in [-0.1, -0.05) is 6.42 Å². The van der Waals surface area contributed by atoms with E-state index < -0.39 is 0 Å². The van der Waals surface area contributed by atoms with Gasteiger partial charge < -0.3 is 15.7 Å². The van der Waals surface area contributed by atoms with E-state index in [-0.39, 0.29) is 6.61 Å². The van der Waals surface area contributed by atoms with E-state index in [4.69, 9.17) is 0 Å². The van der Waals surface area contributed by atoms with Crippen molar-refractivity contribution < 1.29 is 5.11 Å². The van der Waals surface area contributed by atoms with Gasteiger partial charge in [0.15, 0.2) is 0 Å². The number of hydrogen-bond donors (Lipinski definition) is 3. The third-order valence-electron chi connectivity index (χ3n) is 3.25. The first kappa shape index (κ1) is 12.1. The molecule has 5 heteroatoms. The van der Waals surface area contributed by atoms with E-state index in [0.29, 0.717) is 12.0 Å². The Balaban J connectivity index is 2.00. The summed E-state index contributed by atoms with van der Waals surface area (Å²) in [6.45, 7) is 3.13. The van der Waals surface area contributed by atoms with Gasteiger partial charge in [-0.15, -0.1) is 0 Å². The van der Waals surface area contributed by atoms with Crippen LogP contribution in [-0.2, 0) is 0 Å². The van der Waals surface area contributed by atoms with Crippen LogP contribution >= 0.6 is 0 Å². The molecule has 2 unspecified atom stereocenters. The van der Waals surface area contributed by atoms with Crippen molar-refractivity contribution in [3.8, 4) is 0 Å². The molecule has 3 N–H and O–H groups in total. The molecule has 1 aromatic heterocycles. The Bertz CT molecular complexity index is 358. The number of anilines is 2. The lowest BCUT2D eigenvalue weighted by atomic mass is 10.1. The first-order chi connectivity index (χ1) is 8.33. The largest absolute Gasteiger partial charge is 0.396 e. The minimum atomic E-state index is 0.253. The van der Waals surface area contributed by atoms with Gasteiger partial charge in [0, 0.05) is 31.2 Å². The molecule has 17 heavy (non-hydrogen) atoms. The Hall–Kier alpha value is -1.36. The van der Waals surface area contributed by atoms with Gasteiger partial charge in [-0.2, -0.15) is 0 Å². The summed E-state index contributed by atoms with van der Waals surface area (Å²) in [4.78, 5) is 8.34. The SMILES string of the molecule is CCNc1cc(NC2CCCC2CO)ncn1. The molecule has 0 radical (unpaired) electrons. The molecule has 1 heterocycles. The van der Waals surface area contributed by atoms with Crippen LogP contribution in [0.3, 0.4) is 0 Å². The van der Waals surface area contributed by atoms with Crippen molar-refractivity contribution in [1.82, 2.24) is 9.97 Å². The summed E-state index contributed by atoms with van der Waals surface area (Å²) in [5.74, 6) is 2.03. The molecule has 0 aromatic carbocycles. The summed E-state index contributed by atoms with van der Waals surface area (Å²) in [5, 5.41) is 15.8. The predicted molar refractivity (Wildman–Crippen MR) is 68.0 cm³/mol. The van der Waals surface area contributed by atoms with Crippen LogP contribution in [-0.4, -0.2) is 34.3 Å². The van der Waals surface area contributed by atoms with E-state index in [1.54, 1.807) is 6.33 Å². The molecule has 2 atom stereocenters. The van der Waals surface area contributed by atoms with E-state index >= 15 is 0 Å². The van der Waals surface area contributed by atoms with Crippen molar-refractivity contribution in [3.63, 3.8) is 0 Å². The van der Waals surface area contributed by atoms with Gasteiger partial charge in [0.2, 0.25) is 0 Å². The van der Waals surface area contributed by atoms with E-state index in [1.165, 1.54) is 6.42 Å². The number of rotatable bonds is 5. The molecule has 1 aliphatic rings. The van der Waals surface area contributed by atoms with Crippen LogP contribution < -0.4 is 10.6 Å². The van der Waals surface area contributed by atoms with E-state index in [2.05, 4.69) is 20.6 Å². The third kappa shape index (κ3) is 3.06. The zero-order chi connectivity index (χ0) is 12.1. The Morgan fingerprint density at radius 1 is 1.35 bits per heavy atom. The van der Waals surface area contributed by atoms with Crippen LogP contribution in [0.5, 0.6) is 0 Å². The molecule has 1 saturated carbocycles. The fourth-order valence-electron chi connectivity index (χ4n) is 2.35. The first-order valence-electron chi connectivity index (χ1n) is 6.26. The van der Waals surface area contributed by atoms with Gasteiger partial charge in [0.05, 0.1) is 0 Å². The topological polar surface area (TPSA) is 70.1 Å². The average molecular weight is 236 g/mol. The Kier molecular flexibility index (Phi) is 4.14. The van der Waals surface area contributed by atoms with Crippen LogP contribution in [0.1, 0.15) is 26.2 Å². The number of aliphatic hydroxyl groups is 1. The quantitative estimate of drug-likeness (QED) is 0.722. The Morgan fingerprint density at radius 2 is 2.18 bits per heavy atom. The monoisotopic (exact) mass is 236 g/mol. The number of aromatic nitrogens is 2. The fraction of sp³-hybridized carbons (Fsp3) is 0.667. The van der Waals surface area contributed by atoms with Gasteiger partial charge in [0.1, 0.15) is 18.0 Å². The van der Waals surface area contributed by atoms with Gasteiger partial charge >= 0.3 is 0 Å². The fourth-order valence-corrected chi connectivity index (χ4v) is 2.35. The summed E-state index contributed by atoms with van der Waals surface area (Å²) in [6.07, 6.45) is 4.93. The van der Waals surface area contributed by atoms with Crippen molar-refractivity contribution in [2.24, 2.45) is 5.92 Å². The summed E-state index contributed by atoms with van der Waals surface area (Å²) < 4.78 is 0.